The lowest BCUT2D eigenvalue weighted by Crippen LogP contribution is -2.49. The lowest BCUT2D eigenvalue weighted by Gasteiger charge is -2.26. The van der Waals surface area contributed by atoms with Crippen LogP contribution < -0.4 is 10.6 Å². The van der Waals surface area contributed by atoms with Crippen molar-refractivity contribution in [1.29, 1.82) is 0 Å². The number of halogens is 1. The van der Waals surface area contributed by atoms with E-state index in [1.807, 2.05) is 24.3 Å². The fraction of sp³-hybridized carbons (Fsp3) is 0.167. The Morgan fingerprint density at radius 1 is 1.23 bits per heavy atom. The second-order valence-corrected chi connectivity index (χ2v) is 8.46. The molecule has 0 saturated heterocycles. The number of nitrogens with zero attached hydrogens (tertiary/aromatic N) is 2. The molecule has 2 unspecified atom stereocenters. The van der Waals surface area contributed by atoms with Gasteiger partial charge in [0.2, 0.25) is 0 Å². The predicted octanol–water partition coefficient (Wildman–Crippen LogP) is 1.98. The molecule has 0 radical (unpaired) electrons. The Bertz CT molecular complexity index is 964. The normalized spacial score (nSPS) is 24.8. The fourth-order valence-electron chi connectivity index (χ4n) is 3.32. The molecule has 132 valence electrons. The highest BCUT2D eigenvalue weighted by Gasteiger charge is 2.59. The Morgan fingerprint density at radius 3 is 2.69 bits per heavy atom. The predicted molar refractivity (Wildman–Crippen MR) is 109 cm³/mol. The van der Waals surface area contributed by atoms with Crippen LogP contribution in [0.2, 0.25) is 0 Å². The Labute approximate surface area is 167 Å². The second kappa shape index (κ2) is 6.36. The zero-order valence-electron chi connectivity index (χ0n) is 13.4. The van der Waals surface area contributed by atoms with Crippen LogP contribution in [-0.4, -0.2) is 27.3 Å². The summed E-state index contributed by atoms with van der Waals surface area (Å²) in [5.41, 5.74) is 5.60. The summed E-state index contributed by atoms with van der Waals surface area (Å²) in [6.07, 6.45) is 0. The molecule has 0 aromatic heterocycles. The third-order valence-electron chi connectivity index (χ3n) is 4.47. The maximum Gasteiger partial charge on any atom is 0.265 e. The van der Waals surface area contributed by atoms with Crippen LogP contribution in [0, 0.1) is 3.57 Å². The molecule has 2 aromatic carbocycles. The summed E-state index contributed by atoms with van der Waals surface area (Å²) >= 11 is 3.14. The fourth-order valence-corrected chi connectivity index (χ4v) is 4.86. The number of aliphatic hydroxyl groups is 1. The number of carbonyl (C=O) groups excluding carboxylic acids is 2. The van der Waals surface area contributed by atoms with Crippen molar-refractivity contribution in [3.05, 3.63) is 63.2 Å². The average molecular weight is 479 g/mol. The van der Waals surface area contributed by atoms with Crippen LogP contribution in [0.25, 0.3) is 0 Å². The molecule has 2 aliphatic heterocycles. The minimum atomic E-state index is -1.98. The number of aliphatic imine (C=N–C) groups is 1. The Hall–Kier alpha value is -1.91. The molecule has 26 heavy (non-hydrogen) atoms. The molecule has 3 N–H and O–H groups in total. The van der Waals surface area contributed by atoms with E-state index in [2.05, 4.69) is 27.6 Å². The lowest BCUT2D eigenvalue weighted by atomic mass is 9.91. The Kier molecular flexibility index (Phi) is 4.28. The van der Waals surface area contributed by atoms with Crippen molar-refractivity contribution < 1.29 is 14.7 Å². The number of hydrogen-bond acceptors (Lipinski definition) is 5. The zero-order valence-corrected chi connectivity index (χ0v) is 16.4. The van der Waals surface area contributed by atoms with E-state index in [0.717, 1.165) is 20.9 Å². The van der Waals surface area contributed by atoms with E-state index in [-0.39, 0.29) is 5.17 Å². The summed E-state index contributed by atoms with van der Waals surface area (Å²) in [6.45, 7) is 0.302. The van der Waals surface area contributed by atoms with Crippen molar-refractivity contribution in [3.8, 4) is 0 Å². The van der Waals surface area contributed by atoms with Gasteiger partial charge in [-0.25, -0.2) is 0 Å². The van der Waals surface area contributed by atoms with Crippen molar-refractivity contribution in [2.75, 3.05) is 4.90 Å². The monoisotopic (exact) mass is 479 g/mol. The van der Waals surface area contributed by atoms with Gasteiger partial charge >= 0.3 is 0 Å². The van der Waals surface area contributed by atoms with Crippen LogP contribution in [0.3, 0.4) is 0 Å². The van der Waals surface area contributed by atoms with Crippen LogP contribution in [0.5, 0.6) is 0 Å². The van der Waals surface area contributed by atoms with Gasteiger partial charge < -0.3 is 15.7 Å². The summed E-state index contributed by atoms with van der Waals surface area (Å²) < 4.78 is 1.05. The van der Waals surface area contributed by atoms with Crippen molar-refractivity contribution in [1.82, 2.24) is 0 Å². The van der Waals surface area contributed by atoms with Crippen molar-refractivity contribution in [2.45, 2.75) is 17.4 Å². The Balaban J connectivity index is 1.77. The molecule has 2 amide bonds. The number of amidine groups is 1. The van der Waals surface area contributed by atoms with E-state index in [1.165, 1.54) is 4.90 Å². The molecule has 0 aliphatic carbocycles. The number of amides is 2. The van der Waals surface area contributed by atoms with Gasteiger partial charge in [-0.15, -0.1) is 0 Å². The quantitative estimate of drug-likeness (QED) is 0.657. The molecule has 0 bridgehead atoms. The number of anilines is 1. The largest absolute Gasteiger partial charge is 0.378 e. The van der Waals surface area contributed by atoms with E-state index < -0.39 is 22.7 Å². The van der Waals surface area contributed by atoms with Crippen LogP contribution in [0.15, 0.2) is 53.5 Å². The highest BCUT2D eigenvalue weighted by Crippen LogP contribution is 2.47. The first kappa shape index (κ1) is 17.5. The first-order valence-electron chi connectivity index (χ1n) is 7.84. The third-order valence-corrected chi connectivity index (χ3v) is 6.25. The van der Waals surface area contributed by atoms with Gasteiger partial charge in [-0.3, -0.25) is 9.59 Å². The first-order valence-corrected chi connectivity index (χ1v) is 9.80. The number of carbonyl (C=O) groups is 2. The topological polar surface area (TPSA) is 96.0 Å². The van der Waals surface area contributed by atoms with Crippen molar-refractivity contribution >= 4 is 57.0 Å². The van der Waals surface area contributed by atoms with E-state index in [1.54, 1.807) is 24.3 Å². The van der Waals surface area contributed by atoms with Crippen molar-refractivity contribution in [2.24, 2.45) is 10.7 Å². The number of benzene rings is 2. The van der Waals surface area contributed by atoms with Gasteiger partial charge in [0.1, 0.15) is 5.25 Å². The van der Waals surface area contributed by atoms with Gasteiger partial charge in [0, 0.05) is 9.13 Å². The number of para-hydroxylation sites is 1. The standard InChI is InChI=1S/C18H14IN3O3S/c19-11-5-3-4-10(8-11)9-22-13-7-2-1-6-12(13)18(25,16(22)24)14-15(23)21-17(20)26-14/h1-8,14,25H,9H2,(H2,20,21,23). The SMILES string of the molecule is NC1=NC(=O)C(C2(O)C(=O)N(Cc3cccc(I)c3)c3ccccc32)S1. The Morgan fingerprint density at radius 2 is 2.00 bits per heavy atom. The first-order chi connectivity index (χ1) is 12.4. The molecular formula is C18H14IN3O3S. The lowest BCUT2D eigenvalue weighted by molar-refractivity contribution is -0.140. The molecule has 2 aromatic rings. The van der Waals surface area contributed by atoms with Crippen LogP contribution >= 0.6 is 34.4 Å². The van der Waals surface area contributed by atoms with Gasteiger partial charge in [-0.1, -0.05) is 42.1 Å². The summed E-state index contributed by atoms with van der Waals surface area (Å²) in [5, 5.41) is 10.3. The zero-order chi connectivity index (χ0) is 18.5. The highest BCUT2D eigenvalue weighted by molar-refractivity contribution is 14.1. The molecule has 0 saturated carbocycles. The number of hydrogen-bond donors (Lipinski definition) is 2. The van der Waals surface area contributed by atoms with E-state index >= 15 is 0 Å². The van der Waals surface area contributed by atoms with Gasteiger partial charge in [-0.05, 0) is 46.4 Å². The molecule has 2 aliphatic rings. The average Bonchev–Trinajstić information content (AvgIpc) is 3.06. The summed E-state index contributed by atoms with van der Waals surface area (Å²) in [5.74, 6) is -1.12. The molecule has 4 rings (SSSR count). The molecule has 8 heteroatoms. The van der Waals surface area contributed by atoms with Crippen LogP contribution in [0.4, 0.5) is 5.69 Å². The number of fused-ring (bicyclic) bond motifs is 1. The van der Waals surface area contributed by atoms with Crippen LogP contribution in [-0.2, 0) is 21.7 Å². The van der Waals surface area contributed by atoms with Gasteiger partial charge in [-0.2, -0.15) is 4.99 Å². The molecular weight excluding hydrogens is 465 g/mol. The molecule has 2 heterocycles. The van der Waals surface area contributed by atoms with Gasteiger partial charge in [0.05, 0.1) is 12.2 Å². The van der Waals surface area contributed by atoms with Gasteiger partial charge in [0.15, 0.2) is 10.8 Å². The molecule has 2 atom stereocenters. The van der Waals surface area contributed by atoms with Gasteiger partial charge in [0.25, 0.3) is 11.8 Å². The minimum absolute atomic E-state index is 0.0646. The maximum atomic E-state index is 13.2. The molecule has 6 nitrogen and oxygen atoms in total. The minimum Gasteiger partial charge on any atom is -0.378 e. The maximum absolute atomic E-state index is 13.2. The van der Waals surface area contributed by atoms with E-state index in [0.29, 0.717) is 17.8 Å². The summed E-state index contributed by atoms with van der Waals surface area (Å²) in [4.78, 5) is 30.6. The van der Waals surface area contributed by atoms with E-state index in [9.17, 15) is 14.7 Å². The van der Waals surface area contributed by atoms with Crippen molar-refractivity contribution in [3.63, 3.8) is 0 Å². The second-order valence-electron chi connectivity index (χ2n) is 6.09. The molecule has 0 fully saturated rings. The third kappa shape index (κ3) is 2.63. The highest BCUT2D eigenvalue weighted by atomic mass is 127. The number of thioether (sulfide) groups is 1. The smallest absolute Gasteiger partial charge is 0.265 e. The summed E-state index contributed by atoms with van der Waals surface area (Å²) in [6, 6.07) is 14.8. The number of rotatable bonds is 3. The van der Waals surface area contributed by atoms with E-state index in [4.69, 9.17) is 5.73 Å². The number of nitrogens with two attached hydrogens (primary N) is 1. The molecule has 0 spiro atoms. The summed E-state index contributed by atoms with van der Waals surface area (Å²) in [7, 11) is 0. The van der Waals surface area contributed by atoms with Crippen LogP contribution in [0.1, 0.15) is 11.1 Å².